The zero-order valence-electron chi connectivity index (χ0n) is 10.8. The largest absolute Gasteiger partial charge is 0.259 e. The third kappa shape index (κ3) is 3.20. The molecule has 1 N–H and O–H groups in total. The number of rotatable bonds is 3. The molecule has 6 heteroatoms. The minimum atomic E-state index is 0.382. The van der Waals surface area contributed by atoms with Gasteiger partial charge in [0.05, 0.1) is 6.21 Å². The molecule has 0 radical (unpaired) electrons. The first kappa shape index (κ1) is 14.0. The summed E-state index contributed by atoms with van der Waals surface area (Å²) < 4.78 is 1.03. The summed E-state index contributed by atoms with van der Waals surface area (Å²) in [6.07, 6.45) is 1.72. The molecule has 3 rings (SSSR count). The van der Waals surface area contributed by atoms with Crippen molar-refractivity contribution >= 4 is 50.3 Å². The van der Waals surface area contributed by atoms with Crippen LogP contribution in [0.2, 0.25) is 5.15 Å². The predicted octanol–water partition coefficient (Wildman–Crippen LogP) is 4.49. The number of hydrogen-bond acceptors (Lipinski definition) is 4. The minimum absolute atomic E-state index is 0.382. The third-order valence-corrected chi connectivity index (χ3v) is 3.70. The summed E-state index contributed by atoms with van der Waals surface area (Å²) in [6.45, 7) is 0. The number of hydrogen-bond donors (Lipinski definition) is 1. The SMILES string of the molecule is Clc1nnc(N/N=C/c2ccc(Br)cc2)c2ccccc12. The van der Waals surface area contributed by atoms with E-state index in [1.54, 1.807) is 6.21 Å². The minimum Gasteiger partial charge on any atom is -0.259 e. The van der Waals surface area contributed by atoms with Gasteiger partial charge in [-0.1, -0.05) is 63.9 Å². The Balaban J connectivity index is 1.85. The van der Waals surface area contributed by atoms with Crippen LogP contribution in [0, 0.1) is 0 Å². The Morgan fingerprint density at radius 3 is 2.48 bits per heavy atom. The van der Waals surface area contributed by atoms with Crippen molar-refractivity contribution < 1.29 is 0 Å². The molecule has 3 aromatic rings. The monoisotopic (exact) mass is 360 g/mol. The van der Waals surface area contributed by atoms with Crippen LogP contribution >= 0.6 is 27.5 Å². The highest BCUT2D eigenvalue weighted by atomic mass is 79.9. The molecule has 4 nitrogen and oxygen atoms in total. The van der Waals surface area contributed by atoms with Crippen molar-refractivity contribution in [3.8, 4) is 0 Å². The van der Waals surface area contributed by atoms with Gasteiger partial charge in [-0.3, -0.25) is 5.43 Å². The maximum Gasteiger partial charge on any atom is 0.176 e. The molecular formula is C15H10BrClN4. The molecule has 2 aromatic carbocycles. The first-order chi connectivity index (χ1) is 10.2. The topological polar surface area (TPSA) is 50.2 Å². The Labute approximate surface area is 135 Å². The summed E-state index contributed by atoms with van der Waals surface area (Å²) >= 11 is 9.42. The van der Waals surface area contributed by atoms with Gasteiger partial charge in [0.1, 0.15) is 0 Å². The van der Waals surface area contributed by atoms with Crippen molar-refractivity contribution in [2.24, 2.45) is 5.10 Å². The van der Waals surface area contributed by atoms with Crippen molar-refractivity contribution in [2.45, 2.75) is 0 Å². The quantitative estimate of drug-likeness (QED) is 0.552. The van der Waals surface area contributed by atoms with Crippen LogP contribution in [0.25, 0.3) is 10.8 Å². The van der Waals surface area contributed by atoms with Gasteiger partial charge in [-0.05, 0) is 17.7 Å². The van der Waals surface area contributed by atoms with Gasteiger partial charge in [0.25, 0.3) is 0 Å². The van der Waals surface area contributed by atoms with Crippen molar-refractivity contribution in [3.63, 3.8) is 0 Å². The van der Waals surface area contributed by atoms with Crippen LogP contribution < -0.4 is 5.43 Å². The van der Waals surface area contributed by atoms with E-state index in [4.69, 9.17) is 11.6 Å². The predicted molar refractivity (Wildman–Crippen MR) is 89.9 cm³/mol. The summed E-state index contributed by atoms with van der Waals surface area (Å²) in [6, 6.07) is 15.5. The Hall–Kier alpha value is -1.98. The molecule has 1 heterocycles. The Morgan fingerprint density at radius 2 is 1.71 bits per heavy atom. The highest BCUT2D eigenvalue weighted by molar-refractivity contribution is 9.10. The molecule has 0 aliphatic carbocycles. The average Bonchev–Trinajstić information content (AvgIpc) is 2.52. The van der Waals surface area contributed by atoms with Crippen LogP contribution in [-0.4, -0.2) is 16.4 Å². The summed E-state index contributed by atoms with van der Waals surface area (Å²) in [7, 11) is 0. The lowest BCUT2D eigenvalue weighted by atomic mass is 10.2. The van der Waals surface area contributed by atoms with Gasteiger partial charge in [0.2, 0.25) is 0 Å². The Morgan fingerprint density at radius 1 is 1.00 bits per heavy atom. The van der Waals surface area contributed by atoms with Crippen LogP contribution in [0.5, 0.6) is 0 Å². The second-order valence-corrected chi connectivity index (χ2v) is 5.58. The Kier molecular flexibility index (Phi) is 4.13. The van der Waals surface area contributed by atoms with Gasteiger partial charge in [-0.15, -0.1) is 10.2 Å². The lowest BCUT2D eigenvalue weighted by molar-refractivity contribution is 1.04. The number of halogens is 2. The van der Waals surface area contributed by atoms with E-state index < -0.39 is 0 Å². The second-order valence-electron chi connectivity index (χ2n) is 4.31. The van der Waals surface area contributed by atoms with Crippen molar-refractivity contribution in [3.05, 3.63) is 63.7 Å². The van der Waals surface area contributed by atoms with Crippen molar-refractivity contribution in [1.29, 1.82) is 0 Å². The van der Waals surface area contributed by atoms with Gasteiger partial charge in [-0.25, -0.2) is 0 Å². The van der Waals surface area contributed by atoms with Gasteiger partial charge in [0, 0.05) is 15.2 Å². The van der Waals surface area contributed by atoms with Gasteiger partial charge in [-0.2, -0.15) is 5.10 Å². The van der Waals surface area contributed by atoms with Crippen LogP contribution in [0.4, 0.5) is 5.82 Å². The summed E-state index contributed by atoms with van der Waals surface area (Å²) in [4.78, 5) is 0. The third-order valence-electron chi connectivity index (χ3n) is 2.90. The molecule has 0 saturated heterocycles. The summed E-state index contributed by atoms with van der Waals surface area (Å²) in [5, 5.41) is 14.2. The van der Waals surface area contributed by atoms with E-state index in [1.807, 2.05) is 48.5 Å². The molecule has 1 aromatic heterocycles. The fraction of sp³-hybridized carbons (Fsp3) is 0. The normalized spacial score (nSPS) is 11.1. The number of benzene rings is 2. The number of nitrogens with zero attached hydrogens (tertiary/aromatic N) is 3. The molecule has 0 bridgehead atoms. The number of hydrazone groups is 1. The van der Waals surface area contributed by atoms with E-state index >= 15 is 0 Å². The second kappa shape index (κ2) is 6.20. The molecule has 0 spiro atoms. The zero-order valence-corrected chi connectivity index (χ0v) is 13.1. The van der Waals surface area contributed by atoms with E-state index in [9.17, 15) is 0 Å². The fourth-order valence-electron chi connectivity index (χ4n) is 1.87. The molecular weight excluding hydrogens is 352 g/mol. The van der Waals surface area contributed by atoms with Crippen molar-refractivity contribution in [2.75, 3.05) is 5.43 Å². The molecule has 0 aliphatic rings. The molecule has 0 unspecified atom stereocenters. The number of aromatic nitrogens is 2. The van der Waals surface area contributed by atoms with Crippen LogP contribution in [0.15, 0.2) is 58.1 Å². The Bertz CT molecular complexity index is 802. The lowest BCUT2D eigenvalue weighted by Crippen LogP contribution is -1.97. The highest BCUT2D eigenvalue weighted by Gasteiger charge is 2.05. The molecule has 21 heavy (non-hydrogen) atoms. The average molecular weight is 362 g/mol. The van der Waals surface area contributed by atoms with E-state index in [0.29, 0.717) is 11.0 Å². The number of fused-ring (bicyclic) bond motifs is 1. The number of anilines is 1. The lowest BCUT2D eigenvalue weighted by Gasteiger charge is -2.04. The van der Waals surface area contributed by atoms with Crippen LogP contribution in [0.1, 0.15) is 5.56 Å². The smallest absolute Gasteiger partial charge is 0.176 e. The maximum absolute atomic E-state index is 6.03. The molecule has 0 amide bonds. The summed E-state index contributed by atoms with van der Waals surface area (Å²) in [5.41, 5.74) is 3.89. The molecule has 0 aliphatic heterocycles. The first-order valence-corrected chi connectivity index (χ1v) is 7.37. The standard InChI is InChI=1S/C15H10BrClN4/c16-11-7-5-10(6-8-11)9-18-20-15-13-4-2-1-3-12(13)14(17)19-21-15/h1-9H,(H,20,21)/b18-9+. The summed E-state index contributed by atoms with van der Waals surface area (Å²) in [5.74, 6) is 0.573. The fourth-order valence-corrected chi connectivity index (χ4v) is 2.34. The number of nitrogens with one attached hydrogen (secondary N) is 1. The van der Waals surface area contributed by atoms with E-state index in [0.717, 1.165) is 20.8 Å². The molecule has 0 saturated carbocycles. The van der Waals surface area contributed by atoms with Crippen molar-refractivity contribution in [1.82, 2.24) is 10.2 Å². The molecule has 0 fully saturated rings. The first-order valence-electron chi connectivity index (χ1n) is 6.19. The zero-order chi connectivity index (χ0) is 14.7. The van der Waals surface area contributed by atoms with Gasteiger partial charge in [0.15, 0.2) is 11.0 Å². The van der Waals surface area contributed by atoms with Gasteiger partial charge < -0.3 is 0 Å². The van der Waals surface area contributed by atoms with Gasteiger partial charge >= 0.3 is 0 Å². The van der Waals surface area contributed by atoms with E-state index in [1.165, 1.54) is 0 Å². The highest BCUT2D eigenvalue weighted by Crippen LogP contribution is 2.25. The maximum atomic E-state index is 6.03. The van der Waals surface area contributed by atoms with Crippen LogP contribution in [-0.2, 0) is 0 Å². The molecule has 104 valence electrons. The van der Waals surface area contributed by atoms with E-state index in [-0.39, 0.29) is 0 Å². The molecule has 0 atom stereocenters. The van der Waals surface area contributed by atoms with E-state index in [2.05, 4.69) is 36.7 Å². The van der Waals surface area contributed by atoms with Crippen LogP contribution in [0.3, 0.4) is 0 Å².